The molecule has 5 fully saturated rings. The zero-order valence-electron chi connectivity index (χ0n) is 49.2. The van der Waals surface area contributed by atoms with Gasteiger partial charge in [-0.25, -0.2) is 4.79 Å². The number of carboxylic acids is 1. The molecule has 22 nitrogen and oxygen atoms in total. The lowest BCUT2D eigenvalue weighted by Gasteiger charge is -2.49. The van der Waals surface area contributed by atoms with Crippen molar-refractivity contribution in [1.82, 2.24) is 15.1 Å². The summed E-state index contributed by atoms with van der Waals surface area (Å²) in [6.07, 6.45) is -7.32. The van der Waals surface area contributed by atoms with Crippen LogP contribution in [0.3, 0.4) is 0 Å². The standard InChI is InChI=1S/C57H90ClN5O17/c1-15-42-57(10)49(79-54(70)80-57)33(6)62(13)27-29(2)25-55(8,71)48(78-53-46(66)41(61(11)12)22-30(3)73-53)31(4)47(32(5)52(69)75-42)77-44-26-56(9,72-14)50(34(7)74-44)76-43(64)18-19-59-20-21-60-39-23-36-40(24-38(39)58)63(35-16-17-35)28-37(45(36)65)51(67)68/h23-24,29-35,37,41-42,44,46-50,53,59-60,66,71H,15-22,25-28H2,1-14H3,(H,67,68)/t29-,30-,31+,32-,33-,34+,37?,41+,42-,44+,46-,47+,48-,49+,50+,53+,55-,56-,57-/m1/s1. The zero-order valence-corrected chi connectivity index (χ0v) is 50.0. The molecule has 452 valence electrons. The highest BCUT2D eigenvalue weighted by atomic mass is 35.5. The maximum atomic E-state index is 14.8. The largest absolute Gasteiger partial charge is 0.509 e. The minimum absolute atomic E-state index is 0.00365. The number of ketones is 1. The molecule has 19 atom stereocenters. The number of hydrogen-bond acceptors (Lipinski definition) is 21. The summed E-state index contributed by atoms with van der Waals surface area (Å²) in [5.41, 5.74) is -2.70. The fourth-order valence-corrected chi connectivity index (χ4v) is 13.2. The minimum Gasteiger partial charge on any atom is -0.481 e. The molecule has 0 aromatic heterocycles. The summed E-state index contributed by atoms with van der Waals surface area (Å²) in [7, 11) is 7.16. The molecular weight excluding hydrogens is 1060 g/mol. The number of likely N-dealkylation sites (N-methyl/N-ethyl adjacent to an activating group) is 2. The van der Waals surface area contributed by atoms with Gasteiger partial charge in [0.15, 0.2) is 36.2 Å². The fourth-order valence-electron chi connectivity index (χ4n) is 13.0. The Kier molecular flexibility index (Phi) is 20.6. The molecule has 5 N–H and O–H groups in total. The van der Waals surface area contributed by atoms with Crippen molar-refractivity contribution in [1.29, 1.82) is 0 Å². The van der Waals surface area contributed by atoms with Gasteiger partial charge in [0.1, 0.15) is 23.7 Å². The number of nitrogens with zero attached hydrogens (tertiary/aromatic N) is 3. The summed E-state index contributed by atoms with van der Waals surface area (Å²) in [4.78, 5) is 72.5. The van der Waals surface area contributed by atoms with Gasteiger partial charge in [-0.05, 0) is 120 Å². The number of nitrogens with one attached hydrogen (secondary N) is 2. The van der Waals surface area contributed by atoms with Crippen LogP contribution in [-0.2, 0) is 57.0 Å². The number of halogens is 1. The van der Waals surface area contributed by atoms with Crippen LogP contribution >= 0.6 is 11.6 Å². The molecule has 1 unspecified atom stereocenters. The molecule has 5 aliphatic heterocycles. The number of rotatable bonds is 17. The van der Waals surface area contributed by atoms with Crippen LogP contribution in [0.25, 0.3) is 0 Å². The van der Waals surface area contributed by atoms with Gasteiger partial charge >= 0.3 is 24.1 Å². The second-order valence-corrected chi connectivity index (χ2v) is 24.9. The number of aliphatic hydroxyl groups is 2. The molecule has 7 rings (SSSR count). The summed E-state index contributed by atoms with van der Waals surface area (Å²) in [5.74, 6) is -6.04. The second kappa shape index (κ2) is 25.9. The van der Waals surface area contributed by atoms with Crippen molar-refractivity contribution < 1.29 is 81.9 Å². The van der Waals surface area contributed by atoms with Crippen LogP contribution in [0, 0.1) is 23.7 Å². The van der Waals surface area contributed by atoms with E-state index >= 15 is 0 Å². The number of Topliss-reactive ketones (excluding diaryl/α,β-unsaturated/α-hetero) is 1. The van der Waals surface area contributed by atoms with E-state index in [1.54, 1.807) is 46.8 Å². The van der Waals surface area contributed by atoms with Crippen molar-refractivity contribution in [3.05, 3.63) is 22.7 Å². The number of cyclic esters (lactones) is 1. The number of carboxylic acid groups (broad SMARTS) is 1. The first-order valence-electron chi connectivity index (χ1n) is 28.6. The molecule has 23 heteroatoms. The summed E-state index contributed by atoms with van der Waals surface area (Å²) >= 11 is 6.67. The number of aliphatic carboxylic acids is 1. The Labute approximate surface area is 476 Å². The Morgan fingerprint density at radius 2 is 1.64 bits per heavy atom. The third-order valence-electron chi connectivity index (χ3n) is 17.7. The first-order valence-corrected chi connectivity index (χ1v) is 29.0. The molecule has 1 aromatic carbocycles. The van der Waals surface area contributed by atoms with Crippen molar-refractivity contribution in [3.8, 4) is 0 Å². The number of carbonyl (C=O) groups excluding carboxylic acids is 4. The average Bonchev–Trinajstić information content (AvgIpc) is 4.19. The highest BCUT2D eigenvalue weighted by Gasteiger charge is 2.59. The average molecular weight is 1150 g/mol. The van der Waals surface area contributed by atoms with E-state index in [4.69, 9.17) is 54.2 Å². The van der Waals surface area contributed by atoms with Gasteiger partial charge in [-0.2, -0.15) is 0 Å². The summed E-state index contributed by atoms with van der Waals surface area (Å²) in [6.45, 7) is 19.7. The maximum absolute atomic E-state index is 14.8. The Morgan fingerprint density at radius 1 is 0.938 bits per heavy atom. The van der Waals surface area contributed by atoms with Gasteiger partial charge in [0.25, 0.3) is 0 Å². The fraction of sp³-hybridized carbons (Fsp3) is 0.807. The number of aliphatic hydroxyl groups excluding tert-OH is 1. The number of anilines is 2. The molecule has 0 amide bonds. The van der Waals surface area contributed by atoms with Crippen LogP contribution in [0.15, 0.2) is 12.1 Å². The second-order valence-electron chi connectivity index (χ2n) is 24.4. The molecular formula is C57H90ClN5O17. The number of fused-ring (bicyclic) bond motifs is 2. The number of ether oxygens (including phenoxy) is 9. The monoisotopic (exact) mass is 1150 g/mol. The third kappa shape index (κ3) is 14.0. The Bertz CT molecular complexity index is 2360. The lowest BCUT2D eigenvalue weighted by molar-refractivity contribution is -0.318. The third-order valence-corrected chi connectivity index (χ3v) is 18.0. The Morgan fingerprint density at radius 3 is 2.27 bits per heavy atom. The number of carbonyl (C=O) groups is 5. The molecule has 6 aliphatic rings. The van der Waals surface area contributed by atoms with Crippen LogP contribution in [0.2, 0.25) is 5.02 Å². The molecule has 0 radical (unpaired) electrons. The number of benzene rings is 1. The number of esters is 2. The SMILES string of the molecule is CC[C@H]1OC(=O)[C@H](C)[C@@H](O[C@H]2C[C@@](C)(OC)[C@@H](OC(=O)CCNCCNc3cc4c(cc3Cl)N(C3CC3)CC(C(=O)O)C4=O)[C@H](C)O2)[C@H](C)[C@@H](O[C@@H]2O[C@H](C)C[C@H](N(C)C)[C@H]2O)[C@](C)(O)C[C@@H](C)CN(C)[C@H](C)[C@@H]2OC(=O)O[C@]12C. The number of hydrogen-bond donors (Lipinski definition) is 5. The van der Waals surface area contributed by atoms with Gasteiger partial charge in [0.2, 0.25) is 0 Å². The van der Waals surface area contributed by atoms with Crippen LogP contribution in [0.5, 0.6) is 0 Å². The first kappa shape index (κ1) is 63.6. The molecule has 5 heterocycles. The summed E-state index contributed by atoms with van der Waals surface area (Å²) in [6, 6.07) is 2.80. The summed E-state index contributed by atoms with van der Waals surface area (Å²) < 4.78 is 57.0. The lowest BCUT2D eigenvalue weighted by Crippen LogP contribution is -2.61. The van der Waals surface area contributed by atoms with Gasteiger partial charge in [-0.3, -0.25) is 24.1 Å². The minimum atomic E-state index is -1.63. The van der Waals surface area contributed by atoms with Gasteiger partial charge in [0, 0.05) is 81.5 Å². The zero-order chi connectivity index (χ0) is 58.9. The van der Waals surface area contributed by atoms with Crippen LogP contribution in [0.4, 0.5) is 16.2 Å². The molecule has 1 aromatic rings. The molecule has 80 heavy (non-hydrogen) atoms. The van der Waals surface area contributed by atoms with Gasteiger partial charge in [-0.1, -0.05) is 32.4 Å². The van der Waals surface area contributed by atoms with Crippen LogP contribution in [-0.4, -0.2) is 212 Å². The van der Waals surface area contributed by atoms with Gasteiger partial charge < -0.3 is 78.4 Å². The molecule has 1 saturated carbocycles. The number of methoxy groups -OCH3 is 1. The lowest BCUT2D eigenvalue weighted by atomic mass is 9.77. The van der Waals surface area contributed by atoms with E-state index in [1.807, 2.05) is 70.5 Å². The van der Waals surface area contributed by atoms with E-state index in [-0.39, 0.29) is 62.9 Å². The quantitative estimate of drug-likeness (QED) is 0.0578. The highest BCUT2D eigenvalue weighted by molar-refractivity contribution is 6.34. The van der Waals surface area contributed by atoms with E-state index in [2.05, 4.69) is 10.6 Å². The van der Waals surface area contributed by atoms with Gasteiger partial charge in [0.05, 0.1) is 53.1 Å². The normalized spacial score (nSPS) is 39.5. The van der Waals surface area contributed by atoms with Crippen molar-refractivity contribution >= 4 is 52.8 Å². The van der Waals surface area contributed by atoms with Crippen molar-refractivity contribution in [2.75, 3.05) is 71.2 Å². The first-order chi connectivity index (χ1) is 37.5. The predicted molar refractivity (Wildman–Crippen MR) is 294 cm³/mol. The Hall–Kier alpha value is -3.94. The van der Waals surface area contributed by atoms with E-state index < -0.39 is 126 Å². The summed E-state index contributed by atoms with van der Waals surface area (Å²) in [5, 5.41) is 41.3. The van der Waals surface area contributed by atoms with Crippen LogP contribution in [0.1, 0.15) is 125 Å². The van der Waals surface area contributed by atoms with E-state index in [0.717, 1.165) is 12.8 Å². The molecule has 0 spiro atoms. The van der Waals surface area contributed by atoms with Gasteiger partial charge in [-0.15, -0.1) is 0 Å². The van der Waals surface area contributed by atoms with E-state index in [0.29, 0.717) is 48.0 Å². The molecule has 1 aliphatic carbocycles. The molecule has 0 bridgehead atoms. The maximum Gasteiger partial charge on any atom is 0.509 e. The smallest absolute Gasteiger partial charge is 0.481 e. The van der Waals surface area contributed by atoms with Crippen molar-refractivity contribution in [2.24, 2.45) is 23.7 Å². The van der Waals surface area contributed by atoms with E-state index in [1.165, 1.54) is 7.11 Å². The topological polar surface area (TPSA) is 263 Å². The Balaban J connectivity index is 1.06. The van der Waals surface area contributed by atoms with Crippen molar-refractivity contribution in [3.63, 3.8) is 0 Å². The van der Waals surface area contributed by atoms with Crippen LogP contribution < -0.4 is 15.5 Å². The van der Waals surface area contributed by atoms with E-state index in [9.17, 15) is 39.3 Å². The van der Waals surface area contributed by atoms with Crippen molar-refractivity contribution in [2.45, 2.75) is 211 Å². The predicted octanol–water partition coefficient (Wildman–Crippen LogP) is 5.24. The molecule has 4 saturated heterocycles. The highest BCUT2D eigenvalue weighted by Crippen LogP contribution is 2.44.